The molecule has 88 valence electrons. The summed E-state index contributed by atoms with van der Waals surface area (Å²) in [6, 6.07) is 3.92. The third kappa shape index (κ3) is 3.28. The Bertz CT molecular complexity index is 519. The average Bonchev–Trinajstić information content (AvgIpc) is 2.30. The van der Waals surface area contributed by atoms with Gasteiger partial charge in [-0.1, -0.05) is 23.2 Å². The maximum absolute atomic E-state index is 12.8. The van der Waals surface area contributed by atoms with Crippen LogP contribution >= 0.6 is 23.2 Å². The minimum Gasteiger partial charge on any atom is -0.486 e. The van der Waals surface area contributed by atoms with Gasteiger partial charge in [0.15, 0.2) is 0 Å². The van der Waals surface area contributed by atoms with E-state index in [0.717, 1.165) is 0 Å². The minimum atomic E-state index is -0.409. The summed E-state index contributed by atoms with van der Waals surface area (Å²) < 4.78 is 18.2. The molecular weight excluding hydrogens is 266 g/mol. The first-order chi connectivity index (χ1) is 8.15. The summed E-state index contributed by atoms with van der Waals surface area (Å²) in [5.41, 5.74) is 0.606. The predicted octanol–water partition coefficient (Wildman–Crippen LogP) is 3.50. The summed E-state index contributed by atoms with van der Waals surface area (Å²) in [4.78, 5) is 7.86. The van der Waals surface area contributed by atoms with Crippen LogP contribution in [0, 0.1) is 5.82 Å². The fourth-order valence-corrected chi connectivity index (χ4v) is 1.48. The Morgan fingerprint density at radius 2 is 2.00 bits per heavy atom. The van der Waals surface area contributed by atoms with Crippen molar-refractivity contribution in [3.63, 3.8) is 0 Å². The first kappa shape index (κ1) is 12.1. The molecule has 0 saturated heterocycles. The summed E-state index contributed by atoms with van der Waals surface area (Å²) in [6.07, 6.45) is 2.92. The highest BCUT2D eigenvalue weighted by Gasteiger charge is 2.04. The molecule has 2 aromatic rings. The van der Waals surface area contributed by atoms with Gasteiger partial charge in [0.1, 0.15) is 23.3 Å². The molecule has 3 nitrogen and oxygen atoms in total. The van der Waals surface area contributed by atoms with Crippen LogP contribution in [0.3, 0.4) is 0 Å². The van der Waals surface area contributed by atoms with Crippen LogP contribution < -0.4 is 4.74 Å². The normalized spacial score (nSPS) is 10.3. The quantitative estimate of drug-likeness (QED) is 0.858. The Labute approximate surface area is 107 Å². The summed E-state index contributed by atoms with van der Waals surface area (Å²) >= 11 is 11.4. The summed E-state index contributed by atoms with van der Waals surface area (Å²) in [5, 5.41) is 0.528. The molecule has 0 spiro atoms. The number of halogens is 3. The molecule has 6 heteroatoms. The van der Waals surface area contributed by atoms with Gasteiger partial charge in [-0.05, 0) is 18.2 Å². The molecule has 0 N–H and O–H groups in total. The molecule has 2 rings (SSSR count). The van der Waals surface area contributed by atoms with Crippen molar-refractivity contribution >= 4 is 23.2 Å². The molecule has 0 unspecified atom stereocenters. The molecule has 1 heterocycles. The van der Waals surface area contributed by atoms with Gasteiger partial charge in [-0.3, -0.25) is 4.98 Å². The van der Waals surface area contributed by atoms with Gasteiger partial charge in [0.05, 0.1) is 23.1 Å². The van der Waals surface area contributed by atoms with Gasteiger partial charge >= 0.3 is 0 Å². The molecule has 0 bridgehead atoms. The summed E-state index contributed by atoms with van der Waals surface area (Å²) in [6.45, 7) is 0.190. The first-order valence-corrected chi connectivity index (χ1v) is 5.45. The van der Waals surface area contributed by atoms with Crippen LogP contribution in [0.25, 0.3) is 0 Å². The van der Waals surface area contributed by atoms with E-state index in [1.807, 2.05) is 0 Å². The van der Waals surface area contributed by atoms with Crippen molar-refractivity contribution in [2.24, 2.45) is 0 Å². The SMILES string of the molecule is Fc1ccc(OCc2cnc(Cl)cn2)c(Cl)c1. The van der Waals surface area contributed by atoms with E-state index in [4.69, 9.17) is 27.9 Å². The molecule has 1 aromatic heterocycles. The smallest absolute Gasteiger partial charge is 0.147 e. The van der Waals surface area contributed by atoms with Crippen LogP contribution in [0.15, 0.2) is 30.6 Å². The lowest BCUT2D eigenvalue weighted by molar-refractivity contribution is 0.300. The second-order valence-corrected chi connectivity index (χ2v) is 3.99. The standard InChI is InChI=1S/C11H7Cl2FN2O/c12-9-3-7(14)1-2-10(9)17-6-8-4-16-11(13)5-15-8/h1-5H,6H2. The average molecular weight is 273 g/mol. The van der Waals surface area contributed by atoms with Crippen LogP contribution in [0.4, 0.5) is 4.39 Å². The lowest BCUT2D eigenvalue weighted by Gasteiger charge is -2.07. The van der Waals surface area contributed by atoms with E-state index in [2.05, 4.69) is 9.97 Å². The molecule has 1 aromatic carbocycles. The van der Waals surface area contributed by atoms with Crippen molar-refractivity contribution in [2.75, 3.05) is 0 Å². The second kappa shape index (κ2) is 5.29. The van der Waals surface area contributed by atoms with E-state index in [1.165, 1.54) is 30.6 Å². The number of hydrogen-bond donors (Lipinski definition) is 0. The highest BCUT2D eigenvalue weighted by Crippen LogP contribution is 2.25. The fourth-order valence-electron chi connectivity index (χ4n) is 1.16. The molecule has 0 aliphatic heterocycles. The Morgan fingerprint density at radius 1 is 1.18 bits per heavy atom. The maximum Gasteiger partial charge on any atom is 0.147 e. The van der Waals surface area contributed by atoms with Crippen LogP contribution in [0.2, 0.25) is 10.2 Å². The fraction of sp³-hybridized carbons (Fsp3) is 0.0909. The number of rotatable bonds is 3. The van der Waals surface area contributed by atoms with Gasteiger partial charge < -0.3 is 4.74 Å². The number of benzene rings is 1. The highest BCUT2D eigenvalue weighted by atomic mass is 35.5. The van der Waals surface area contributed by atoms with Gasteiger partial charge in [0, 0.05) is 0 Å². The van der Waals surface area contributed by atoms with E-state index in [9.17, 15) is 4.39 Å². The zero-order chi connectivity index (χ0) is 12.3. The number of aromatic nitrogens is 2. The van der Waals surface area contributed by atoms with Crippen LogP contribution in [-0.4, -0.2) is 9.97 Å². The van der Waals surface area contributed by atoms with Gasteiger partial charge in [-0.2, -0.15) is 0 Å². The zero-order valence-corrected chi connectivity index (χ0v) is 10.0. The summed E-state index contributed by atoms with van der Waals surface area (Å²) in [5.74, 6) is -0.0153. The number of nitrogens with zero attached hydrogens (tertiary/aromatic N) is 2. The van der Waals surface area contributed by atoms with Crippen LogP contribution in [0.5, 0.6) is 5.75 Å². The minimum absolute atomic E-state index is 0.190. The topological polar surface area (TPSA) is 35.0 Å². The third-order valence-electron chi connectivity index (χ3n) is 1.94. The highest BCUT2D eigenvalue weighted by molar-refractivity contribution is 6.32. The Hall–Kier alpha value is -1.39. The largest absolute Gasteiger partial charge is 0.486 e. The molecule has 17 heavy (non-hydrogen) atoms. The van der Waals surface area contributed by atoms with Crippen LogP contribution in [0.1, 0.15) is 5.69 Å². The predicted molar refractivity (Wildman–Crippen MR) is 62.8 cm³/mol. The van der Waals surface area contributed by atoms with Gasteiger partial charge in [0.2, 0.25) is 0 Å². The Morgan fingerprint density at radius 3 is 2.65 bits per heavy atom. The van der Waals surface area contributed by atoms with Crippen molar-refractivity contribution < 1.29 is 9.13 Å². The van der Waals surface area contributed by atoms with Gasteiger partial charge in [-0.25, -0.2) is 9.37 Å². The zero-order valence-electron chi connectivity index (χ0n) is 8.53. The molecule has 0 saturated carbocycles. The Balaban J connectivity index is 2.04. The molecule has 0 radical (unpaired) electrons. The van der Waals surface area contributed by atoms with E-state index >= 15 is 0 Å². The number of ether oxygens (including phenoxy) is 1. The summed E-state index contributed by atoms with van der Waals surface area (Å²) in [7, 11) is 0. The van der Waals surface area contributed by atoms with E-state index < -0.39 is 5.82 Å². The van der Waals surface area contributed by atoms with E-state index in [0.29, 0.717) is 16.6 Å². The lowest BCUT2D eigenvalue weighted by atomic mass is 10.3. The Kier molecular flexibility index (Phi) is 3.76. The molecular formula is C11H7Cl2FN2O. The maximum atomic E-state index is 12.8. The van der Waals surface area contributed by atoms with Gasteiger partial charge in [0.25, 0.3) is 0 Å². The first-order valence-electron chi connectivity index (χ1n) is 4.69. The van der Waals surface area contributed by atoms with Crippen molar-refractivity contribution in [2.45, 2.75) is 6.61 Å². The van der Waals surface area contributed by atoms with E-state index in [1.54, 1.807) is 0 Å². The van der Waals surface area contributed by atoms with Crippen molar-refractivity contribution in [1.82, 2.24) is 9.97 Å². The monoisotopic (exact) mass is 272 g/mol. The van der Waals surface area contributed by atoms with E-state index in [-0.39, 0.29) is 11.6 Å². The van der Waals surface area contributed by atoms with Crippen molar-refractivity contribution in [3.05, 3.63) is 52.3 Å². The van der Waals surface area contributed by atoms with Gasteiger partial charge in [-0.15, -0.1) is 0 Å². The molecule has 0 aliphatic carbocycles. The number of hydrogen-bond acceptors (Lipinski definition) is 3. The molecule has 0 fully saturated rings. The molecule has 0 aliphatic rings. The second-order valence-electron chi connectivity index (χ2n) is 3.19. The molecule has 0 atom stereocenters. The molecule has 0 amide bonds. The third-order valence-corrected chi connectivity index (χ3v) is 2.43. The van der Waals surface area contributed by atoms with Crippen LogP contribution in [-0.2, 0) is 6.61 Å². The van der Waals surface area contributed by atoms with Crippen molar-refractivity contribution in [1.29, 1.82) is 0 Å². The van der Waals surface area contributed by atoms with Crippen molar-refractivity contribution in [3.8, 4) is 5.75 Å². The lowest BCUT2D eigenvalue weighted by Crippen LogP contribution is -1.99.